The van der Waals surface area contributed by atoms with Crippen molar-refractivity contribution < 1.29 is 24.2 Å². The molecule has 0 aromatic rings. The molecule has 2 atom stereocenters. The van der Waals surface area contributed by atoms with Crippen LogP contribution in [-0.2, 0) is 19.1 Å². The summed E-state index contributed by atoms with van der Waals surface area (Å²) in [6, 6.07) is 0. The molecule has 0 radical (unpaired) electrons. The van der Waals surface area contributed by atoms with Gasteiger partial charge < -0.3 is 9.84 Å². The SMILES string of the molecule is CC(=O)/C=C/C=C1/C(=O)O[C@]2(CO)C=CC(=O)[C@H]12. The smallest absolute Gasteiger partial charge is 0.335 e. The Morgan fingerprint density at radius 3 is 2.89 bits per heavy atom. The van der Waals surface area contributed by atoms with Gasteiger partial charge in [-0.2, -0.15) is 0 Å². The fourth-order valence-electron chi connectivity index (χ4n) is 2.14. The van der Waals surface area contributed by atoms with Gasteiger partial charge in [0.15, 0.2) is 17.2 Å². The summed E-state index contributed by atoms with van der Waals surface area (Å²) in [5, 5.41) is 9.31. The van der Waals surface area contributed by atoms with Crippen LogP contribution in [0, 0.1) is 5.92 Å². The molecule has 1 heterocycles. The second-order valence-corrected chi connectivity index (χ2v) is 4.26. The molecule has 94 valence electrons. The fraction of sp³-hybridized carbons (Fsp3) is 0.308. The molecule has 0 unspecified atom stereocenters. The lowest BCUT2D eigenvalue weighted by molar-refractivity contribution is -0.146. The van der Waals surface area contributed by atoms with Gasteiger partial charge in [-0.1, -0.05) is 12.2 Å². The van der Waals surface area contributed by atoms with Gasteiger partial charge in [0.25, 0.3) is 0 Å². The molecular formula is C13H12O5. The van der Waals surface area contributed by atoms with E-state index in [-0.39, 0.29) is 17.1 Å². The van der Waals surface area contributed by atoms with E-state index >= 15 is 0 Å². The third kappa shape index (κ3) is 1.82. The Balaban J connectivity index is 2.36. The van der Waals surface area contributed by atoms with E-state index in [0.29, 0.717) is 0 Å². The topological polar surface area (TPSA) is 80.7 Å². The highest BCUT2D eigenvalue weighted by Crippen LogP contribution is 2.42. The normalized spacial score (nSPS) is 32.3. The zero-order valence-electron chi connectivity index (χ0n) is 9.75. The lowest BCUT2D eigenvalue weighted by Crippen LogP contribution is -2.37. The quantitative estimate of drug-likeness (QED) is 0.566. The second-order valence-electron chi connectivity index (χ2n) is 4.26. The fourth-order valence-corrected chi connectivity index (χ4v) is 2.14. The molecule has 18 heavy (non-hydrogen) atoms. The van der Waals surface area contributed by atoms with Gasteiger partial charge in [-0.05, 0) is 25.2 Å². The minimum Gasteiger partial charge on any atom is -0.448 e. The summed E-state index contributed by atoms with van der Waals surface area (Å²) in [6.07, 6.45) is 6.78. The molecule has 1 aliphatic heterocycles. The number of hydrogen-bond acceptors (Lipinski definition) is 5. The molecule has 5 heteroatoms. The molecule has 0 aromatic heterocycles. The summed E-state index contributed by atoms with van der Waals surface area (Å²) in [5.74, 6) is -1.90. The summed E-state index contributed by atoms with van der Waals surface area (Å²) in [7, 11) is 0. The van der Waals surface area contributed by atoms with E-state index in [1.54, 1.807) is 0 Å². The number of aliphatic hydroxyl groups is 1. The molecule has 0 bridgehead atoms. The highest BCUT2D eigenvalue weighted by atomic mass is 16.6. The first-order valence-corrected chi connectivity index (χ1v) is 5.46. The van der Waals surface area contributed by atoms with Crippen molar-refractivity contribution in [1.82, 2.24) is 0 Å². The third-order valence-corrected chi connectivity index (χ3v) is 2.99. The molecule has 1 fully saturated rings. The molecule has 1 saturated heterocycles. The number of rotatable bonds is 3. The molecule has 2 aliphatic rings. The van der Waals surface area contributed by atoms with E-state index in [0.717, 1.165) is 0 Å². The van der Waals surface area contributed by atoms with E-state index in [4.69, 9.17) is 4.74 Å². The zero-order chi connectivity index (χ0) is 13.3. The van der Waals surface area contributed by atoms with Crippen molar-refractivity contribution in [3.05, 3.63) is 36.0 Å². The van der Waals surface area contributed by atoms with Gasteiger partial charge in [-0.15, -0.1) is 0 Å². The van der Waals surface area contributed by atoms with E-state index in [1.807, 2.05) is 0 Å². The van der Waals surface area contributed by atoms with Gasteiger partial charge in [-0.25, -0.2) is 4.79 Å². The van der Waals surface area contributed by atoms with Crippen molar-refractivity contribution in [3.63, 3.8) is 0 Å². The van der Waals surface area contributed by atoms with Gasteiger partial charge in [-0.3, -0.25) is 9.59 Å². The Bertz CT molecular complexity index is 511. The lowest BCUT2D eigenvalue weighted by atomic mass is 9.86. The largest absolute Gasteiger partial charge is 0.448 e. The van der Waals surface area contributed by atoms with Crippen molar-refractivity contribution in [2.75, 3.05) is 6.61 Å². The summed E-state index contributed by atoms with van der Waals surface area (Å²) in [5.41, 5.74) is -1.10. The molecule has 0 spiro atoms. The van der Waals surface area contributed by atoms with Crippen molar-refractivity contribution in [2.24, 2.45) is 5.92 Å². The summed E-state index contributed by atoms with van der Waals surface area (Å²) >= 11 is 0. The van der Waals surface area contributed by atoms with Crippen LogP contribution in [0.3, 0.4) is 0 Å². The predicted molar refractivity (Wildman–Crippen MR) is 61.4 cm³/mol. The third-order valence-electron chi connectivity index (χ3n) is 2.99. The number of aliphatic hydroxyl groups excluding tert-OH is 1. The molecule has 1 aliphatic carbocycles. The minimum atomic E-state index is -1.26. The molecule has 1 N–H and O–H groups in total. The maximum absolute atomic E-state index is 11.7. The van der Waals surface area contributed by atoms with Crippen LogP contribution < -0.4 is 0 Å². The van der Waals surface area contributed by atoms with Crippen LogP contribution in [-0.4, -0.2) is 34.9 Å². The predicted octanol–water partition coefficient (Wildman–Crippen LogP) is 0.101. The van der Waals surface area contributed by atoms with E-state index in [2.05, 4.69) is 0 Å². The van der Waals surface area contributed by atoms with Crippen molar-refractivity contribution in [3.8, 4) is 0 Å². The number of hydrogen-bond donors (Lipinski definition) is 1. The van der Waals surface area contributed by atoms with E-state index in [9.17, 15) is 19.5 Å². The Morgan fingerprint density at radius 1 is 1.56 bits per heavy atom. The van der Waals surface area contributed by atoms with Gasteiger partial charge in [0.1, 0.15) is 0 Å². The van der Waals surface area contributed by atoms with Gasteiger partial charge in [0.05, 0.1) is 18.1 Å². The first-order valence-electron chi connectivity index (χ1n) is 5.46. The highest BCUT2D eigenvalue weighted by Gasteiger charge is 2.56. The number of ketones is 2. The van der Waals surface area contributed by atoms with Crippen LogP contribution in [0.1, 0.15) is 6.92 Å². The van der Waals surface area contributed by atoms with Crippen LogP contribution in [0.15, 0.2) is 36.0 Å². The van der Waals surface area contributed by atoms with Crippen molar-refractivity contribution in [2.45, 2.75) is 12.5 Å². The minimum absolute atomic E-state index is 0.163. The first kappa shape index (κ1) is 12.4. The van der Waals surface area contributed by atoms with Crippen LogP contribution in [0.5, 0.6) is 0 Å². The average Bonchev–Trinajstić information content (AvgIpc) is 2.76. The monoisotopic (exact) mass is 248 g/mol. The highest BCUT2D eigenvalue weighted by molar-refractivity contribution is 6.08. The molecular weight excluding hydrogens is 236 g/mol. The Morgan fingerprint density at radius 2 is 2.28 bits per heavy atom. The lowest BCUT2D eigenvalue weighted by Gasteiger charge is -2.21. The van der Waals surface area contributed by atoms with Crippen LogP contribution >= 0.6 is 0 Å². The van der Waals surface area contributed by atoms with Crippen LogP contribution in [0.4, 0.5) is 0 Å². The Kier molecular flexibility index (Phi) is 3.00. The average molecular weight is 248 g/mol. The number of carbonyl (C=O) groups is 3. The Hall–Kier alpha value is -2.01. The van der Waals surface area contributed by atoms with Crippen molar-refractivity contribution in [1.29, 1.82) is 0 Å². The first-order chi connectivity index (χ1) is 8.50. The number of carbonyl (C=O) groups excluding carboxylic acids is 3. The van der Waals surface area contributed by atoms with Crippen LogP contribution in [0.25, 0.3) is 0 Å². The molecule has 0 aromatic carbocycles. The number of allylic oxidation sites excluding steroid dienone is 4. The summed E-state index contributed by atoms with van der Waals surface area (Å²) in [4.78, 5) is 34.1. The second kappa shape index (κ2) is 4.34. The zero-order valence-corrected chi connectivity index (χ0v) is 9.75. The summed E-state index contributed by atoms with van der Waals surface area (Å²) in [6.45, 7) is 0.932. The van der Waals surface area contributed by atoms with E-state index in [1.165, 1.54) is 37.3 Å². The van der Waals surface area contributed by atoms with E-state index < -0.39 is 24.1 Å². The maximum Gasteiger partial charge on any atom is 0.335 e. The molecule has 0 amide bonds. The number of ether oxygens (including phenoxy) is 1. The van der Waals surface area contributed by atoms with Gasteiger partial charge in [0, 0.05) is 0 Å². The van der Waals surface area contributed by atoms with Gasteiger partial charge >= 0.3 is 5.97 Å². The van der Waals surface area contributed by atoms with Crippen molar-refractivity contribution >= 4 is 17.5 Å². The molecule has 0 saturated carbocycles. The molecule has 2 rings (SSSR count). The molecule has 5 nitrogen and oxygen atoms in total. The Labute approximate surface area is 103 Å². The maximum atomic E-state index is 11.7. The number of esters is 1. The number of fused-ring (bicyclic) bond motifs is 1. The summed E-state index contributed by atoms with van der Waals surface area (Å²) < 4.78 is 5.08. The van der Waals surface area contributed by atoms with Crippen LogP contribution in [0.2, 0.25) is 0 Å². The standard InChI is InChI=1S/C13H12O5/c1-8(15)3-2-4-9-11-10(16)5-6-13(11,7-14)18-12(9)17/h2-6,11,14H,7H2,1H3/b3-2+,9-4+/t11-,13-/m0/s1. The van der Waals surface area contributed by atoms with Gasteiger partial charge in [0.2, 0.25) is 0 Å².